The summed E-state index contributed by atoms with van der Waals surface area (Å²) in [5.41, 5.74) is 11.4. The van der Waals surface area contributed by atoms with Crippen LogP contribution in [0.5, 0.6) is 0 Å². The fourth-order valence-corrected chi connectivity index (χ4v) is 3.16. The third-order valence-electron chi connectivity index (χ3n) is 4.13. The highest BCUT2D eigenvalue weighted by atomic mass is 14.9. The summed E-state index contributed by atoms with van der Waals surface area (Å²) in [5.74, 6) is 0. The second-order valence-electron chi connectivity index (χ2n) is 5.43. The van der Waals surface area contributed by atoms with E-state index in [-0.39, 0.29) is 0 Å². The molecule has 1 aromatic carbocycles. The molecular weight excluding hydrogens is 258 g/mol. The van der Waals surface area contributed by atoms with E-state index in [2.05, 4.69) is 34.2 Å². The van der Waals surface area contributed by atoms with Crippen molar-refractivity contribution in [3.8, 4) is 11.4 Å². The smallest absolute Gasteiger partial charge is 0.0943 e. The van der Waals surface area contributed by atoms with Crippen LogP contribution in [0.2, 0.25) is 0 Å². The maximum absolute atomic E-state index is 6.83. The van der Waals surface area contributed by atoms with E-state index in [0.717, 1.165) is 28.9 Å². The van der Waals surface area contributed by atoms with E-state index in [4.69, 9.17) is 5.73 Å². The Hall–Kier alpha value is -2.52. The fraction of sp³-hybridized carbons (Fsp3) is 0.111. The first kappa shape index (κ1) is 12.2. The second-order valence-corrected chi connectivity index (χ2v) is 5.43. The van der Waals surface area contributed by atoms with Crippen LogP contribution in [0.15, 0.2) is 67.0 Å². The van der Waals surface area contributed by atoms with E-state index in [0.29, 0.717) is 0 Å². The molecule has 0 bridgehead atoms. The molecule has 0 spiro atoms. The quantitative estimate of drug-likeness (QED) is 0.781. The van der Waals surface area contributed by atoms with Gasteiger partial charge in [-0.3, -0.25) is 9.97 Å². The summed E-state index contributed by atoms with van der Waals surface area (Å²) in [5, 5.41) is 0. The molecule has 21 heavy (non-hydrogen) atoms. The molecule has 0 radical (unpaired) electrons. The fourth-order valence-electron chi connectivity index (χ4n) is 3.16. The Morgan fingerprint density at radius 3 is 1.90 bits per heavy atom. The number of pyridine rings is 2. The van der Waals surface area contributed by atoms with Gasteiger partial charge >= 0.3 is 0 Å². The molecule has 0 fully saturated rings. The van der Waals surface area contributed by atoms with E-state index in [1.54, 1.807) is 12.4 Å². The van der Waals surface area contributed by atoms with Crippen molar-refractivity contribution in [2.24, 2.45) is 5.73 Å². The van der Waals surface area contributed by atoms with Gasteiger partial charge in [-0.15, -0.1) is 0 Å². The summed E-state index contributed by atoms with van der Waals surface area (Å²) in [6.07, 6.45) is 4.34. The lowest BCUT2D eigenvalue weighted by Crippen LogP contribution is -2.38. The van der Waals surface area contributed by atoms with Gasteiger partial charge in [-0.1, -0.05) is 42.5 Å². The Morgan fingerprint density at radius 1 is 0.762 bits per heavy atom. The minimum atomic E-state index is -0.561. The van der Waals surface area contributed by atoms with Crippen LogP contribution in [0, 0.1) is 0 Å². The van der Waals surface area contributed by atoms with Gasteiger partial charge in [0.25, 0.3) is 0 Å². The van der Waals surface area contributed by atoms with E-state index >= 15 is 0 Å². The number of nitrogens with two attached hydrogens (primary N) is 1. The third-order valence-corrected chi connectivity index (χ3v) is 4.13. The van der Waals surface area contributed by atoms with Gasteiger partial charge in [-0.25, -0.2) is 0 Å². The summed E-state index contributed by atoms with van der Waals surface area (Å²) in [7, 11) is 0. The van der Waals surface area contributed by atoms with Gasteiger partial charge in [0.2, 0.25) is 0 Å². The molecule has 2 aromatic heterocycles. The first-order valence-electron chi connectivity index (χ1n) is 7.03. The van der Waals surface area contributed by atoms with Crippen molar-refractivity contribution in [1.29, 1.82) is 0 Å². The first-order chi connectivity index (χ1) is 10.3. The Balaban J connectivity index is 1.92. The lowest BCUT2D eigenvalue weighted by atomic mass is 9.83. The Bertz CT molecular complexity index is 751. The Kier molecular flexibility index (Phi) is 2.62. The zero-order chi connectivity index (χ0) is 14.3. The summed E-state index contributed by atoms with van der Waals surface area (Å²) < 4.78 is 0. The molecule has 0 aliphatic heterocycles. The molecule has 1 aliphatic carbocycles. The van der Waals surface area contributed by atoms with Gasteiger partial charge in [0.05, 0.1) is 16.9 Å². The van der Waals surface area contributed by atoms with Gasteiger partial charge in [0.15, 0.2) is 0 Å². The molecule has 3 heteroatoms. The van der Waals surface area contributed by atoms with Crippen LogP contribution >= 0.6 is 0 Å². The van der Waals surface area contributed by atoms with Gasteiger partial charge in [-0.2, -0.15) is 0 Å². The number of aromatic nitrogens is 2. The highest BCUT2D eigenvalue weighted by Gasteiger charge is 2.41. The van der Waals surface area contributed by atoms with Crippen molar-refractivity contribution in [3.05, 3.63) is 83.7 Å². The zero-order valence-corrected chi connectivity index (χ0v) is 11.5. The van der Waals surface area contributed by atoms with Crippen molar-refractivity contribution in [2.75, 3.05) is 0 Å². The number of nitrogens with zero attached hydrogens (tertiary/aromatic N) is 2. The van der Waals surface area contributed by atoms with Gasteiger partial charge in [-0.05, 0) is 24.1 Å². The predicted octanol–water partition coefficient (Wildman–Crippen LogP) is 2.90. The SMILES string of the molecule is NC1(Cc2ccccc2)c2cccnc2-c2ncccc21. The van der Waals surface area contributed by atoms with Crippen molar-refractivity contribution in [3.63, 3.8) is 0 Å². The number of benzene rings is 1. The van der Waals surface area contributed by atoms with Gasteiger partial charge < -0.3 is 5.73 Å². The zero-order valence-electron chi connectivity index (χ0n) is 11.5. The lowest BCUT2D eigenvalue weighted by molar-refractivity contribution is 0.548. The predicted molar refractivity (Wildman–Crippen MR) is 82.6 cm³/mol. The number of fused-ring (bicyclic) bond motifs is 3. The summed E-state index contributed by atoms with van der Waals surface area (Å²) in [4.78, 5) is 8.99. The molecule has 0 saturated heterocycles. The molecule has 0 saturated carbocycles. The van der Waals surface area contributed by atoms with Crippen LogP contribution in [0.4, 0.5) is 0 Å². The highest BCUT2D eigenvalue weighted by molar-refractivity contribution is 5.74. The van der Waals surface area contributed by atoms with E-state index in [1.807, 2.05) is 30.3 Å². The summed E-state index contributed by atoms with van der Waals surface area (Å²) in [6.45, 7) is 0. The van der Waals surface area contributed by atoms with Gasteiger partial charge in [0.1, 0.15) is 0 Å². The van der Waals surface area contributed by atoms with Crippen LogP contribution < -0.4 is 5.73 Å². The molecule has 3 nitrogen and oxygen atoms in total. The number of hydrogen-bond donors (Lipinski definition) is 1. The molecule has 0 atom stereocenters. The van der Waals surface area contributed by atoms with E-state index in [9.17, 15) is 0 Å². The molecule has 0 amide bonds. The molecule has 102 valence electrons. The van der Waals surface area contributed by atoms with Crippen LogP contribution in [-0.4, -0.2) is 9.97 Å². The molecule has 3 aromatic rings. The maximum Gasteiger partial charge on any atom is 0.0943 e. The first-order valence-corrected chi connectivity index (χ1v) is 7.03. The standard InChI is InChI=1S/C18H15N3/c19-18(12-13-6-2-1-3-7-13)14-8-4-10-20-16(14)17-15(18)9-5-11-21-17/h1-11H,12,19H2. The molecular formula is C18H15N3. The maximum atomic E-state index is 6.83. The second kappa shape index (κ2) is 4.50. The monoisotopic (exact) mass is 273 g/mol. The molecule has 4 rings (SSSR count). The van der Waals surface area contributed by atoms with Gasteiger partial charge in [0, 0.05) is 23.5 Å². The van der Waals surface area contributed by atoms with Crippen molar-refractivity contribution >= 4 is 0 Å². The lowest BCUT2D eigenvalue weighted by Gasteiger charge is -2.26. The molecule has 1 aliphatic rings. The number of hydrogen-bond acceptors (Lipinski definition) is 3. The van der Waals surface area contributed by atoms with E-state index in [1.165, 1.54) is 5.56 Å². The molecule has 2 heterocycles. The van der Waals surface area contributed by atoms with Crippen molar-refractivity contribution in [1.82, 2.24) is 9.97 Å². The van der Waals surface area contributed by atoms with Crippen LogP contribution in [0.3, 0.4) is 0 Å². The average Bonchev–Trinajstić information content (AvgIpc) is 2.79. The highest BCUT2D eigenvalue weighted by Crippen LogP contribution is 2.45. The summed E-state index contributed by atoms with van der Waals surface area (Å²) in [6, 6.07) is 18.3. The van der Waals surface area contributed by atoms with Crippen molar-refractivity contribution < 1.29 is 0 Å². The molecule has 0 unspecified atom stereocenters. The average molecular weight is 273 g/mol. The van der Waals surface area contributed by atoms with E-state index < -0.39 is 5.54 Å². The largest absolute Gasteiger partial charge is 0.317 e. The van der Waals surface area contributed by atoms with Crippen LogP contribution in [-0.2, 0) is 12.0 Å². The van der Waals surface area contributed by atoms with Crippen LogP contribution in [0.25, 0.3) is 11.4 Å². The minimum absolute atomic E-state index is 0.561. The van der Waals surface area contributed by atoms with Crippen molar-refractivity contribution in [2.45, 2.75) is 12.0 Å². The van der Waals surface area contributed by atoms with Crippen LogP contribution in [0.1, 0.15) is 16.7 Å². The molecule has 2 N–H and O–H groups in total. The summed E-state index contributed by atoms with van der Waals surface area (Å²) >= 11 is 0. The Morgan fingerprint density at radius 2 is 1.33 bits per heavy atom. The third kappa shape index (κ3) is 1.78. The minimum Gasteiger partial charge on any atom is -0.317 e. The normalized spacial score (nSPS) is 14.5. The number of rotatable bonds is 2. The Labute approximate surface area is 123 Å². The topological polar surface area (TPSA) is 51.8 Å².